The van der Waals surface area contributed by atoms with Gasteiger partial charge in [-0.3, -0.25) is 14.9 Å². The van der Waals surface area contributed by atoms with Crippen molar-refractivity contribution in [3.63, 3.8) is 0 Å². The van der Waals surface area contributed by atoms with E-state index in [0.29, 0.717) is 18.8 Å². The summed E-state index contributed by atoms with van der Waals surface area (Å²) in [5.41, 5.74) is 0.796. The molecule has 0 atom stereocenters. The summed E-state index contributed by atoms with van der Waals surface area (Å²) >= 11 is 0. The Kier molecular flexibility index (Phi) is 4.60. The predicted octanol–water partition coefficient (Wildman–Crippen LogP) is 0.972. The maximum absolute atomic E-state index is 11.7. The van der Waals surface area contributed by atoms with Crippen LogP contribution in [0.2, 0.25) is 0 Å². The van der Waals surface area contributed by atoms with E-state index in [1.54, 1.807) is 30.1 Å². The molecule has 0 aliphatic carbocycles. The van der Waals surface area contributed by atoms with Crippen LogP contribution in [0.1, 0.15) is 17.8 Å². The molecule has 1 amide bonds. The number of rotatable bonds is 6. The summed E-state index contributed by atoms with van der Waals surface area (Å²) in [5, 5.41) is 21.0. The number of carbonyl (C=O) groups is 1. The average Bonchev–Trinajstić information content (AvgIpc) is 2.88. The van der Waals surface area contributed by atoms with Crippen molar-refractivity contribution in [1.82, 2.24) is 20.1 Å². The Balaban J connectivity index is 1.82. The van der Waals surface area contributed by atoms with Crippen molar-refractivity contribution in [2.45, 2.75) is 19.4 Å². The highest BCUT2D eigenvalue weighted by molar-refractivity contribution is 5.76. The summed E-state index contributed by atoms with van der Waals surface area (Å²) in [4.78, 5) is 22.0. The molecule has 1 N–H and O–H groups in total. The minimum Gasteiger partial charge on any atom is -0.349 e. The number of aryl methyl sites for hydroxylation is 2. The first-order valence-electron chi connectivity index (χ1n) is 6.39. The van der Waals surface area contributed by atoms with E-state index in [1.165, 1.54) is 12.1 Å². The first-order valence-corrected chi connectivity index (χ1v) is 6.39. The van der Waals surface area contributed by atoms with E-state index in [9.17, 15) is 14.9 Å². The molecule has 1 aromatic carbocycles. The SMILES string of the molecule is Cn1cnnc1CNC(=O)CCc1cccc([N+](=O)[O-])c1. The average molecular weight is 289 g/mol. The summed E-state index contributed by atoms with van der Waals surface area (Å²) in [7, 11) is 1.80. The molecule has 0 bridgehead atoms. The number of nitrogens with one attached hydrogen (secondary N) is 1. The highest BCUT2D eigenvalue weighted by Crippen LogP contribution is 2.14. The molecule has 1 heterocycles. The molecule has 21 heavy (non-hydrogen) atoms. The fraction of sp³-hybridized carbons (Fsp3) is 0.308. The van der Waals surface area contributed by atoms with Crippen LogP contribution in [0.25, 0.3) is 0 Å². The molecule has 0 saturated carbocycles. The molecule has 0 radical (unpaired) electrons. The van der Waals surface area contributed by atoms with Crippen LogP contribution in [0.3, 0.4) is 0 Å². The minimum absolute atomic E-state index is 0.0343. The van der Waals surface area contributed by atoms with Crippen LogP contribution in [-0.2, 0) is 24.8 Å². The van der Waals surface area contributed by atoms with E-state index in [1.807, 2.05) is 0 Å². The summed E-state index contributed by atoms with van der Waals surface area (Å²) in [6.07, 6.45) is 2.27. The first-order chi connectivity index (χ1) is 10.1. The number of nitro benzene ring substituents is 1. The van der Waals surface area contributed by atoms with Gasteiger partial charge in [0, 0.05) is 25.6 Å². The van der Waals surface area contributed by atoms with Gasteiger partial charge in [0.1, 0.15) is 6.33 Å². The normalized spacial score (nSPS) is 10.3. The number of nitro groups is 1. The van der Waals surface area contributed by atoms with Crippen molar-refractivity contribution in [1.29, 1.82) is 0 Å². The van der Waals surface area contributed by atoms with Crippen LogP contribution in [-0.4, -0.2) is 25.6 Å². The summed E-state index contributed by atoms with van der Waals surface area (Å²) in [6, 6.07) is 6.29. The molecular formula is C13H15N5O3. The lowest BCUT2D eigenvalue weighted by Crippen LogP contribution is -2.24. The van der Waals surface area contributed by atoms with Gasteiger partial charge in [0.05, 0.1) is 11.5 Å². The summed E-state index contributed by atoms with van der Waals surface area (Å²) in [5.74, 6) is 0.531. The number of aromatic nitrogens is 3. The molecule has 2 aromatic rings. The Morgan fingerprint density at radius 2 is 2.29 bits per heavy atom. The topological polar surface area (TPSA) is 103 Å². The lowest BCUT2D eigenvalue weighted by molar-refractivity contribution is -0.384. The van der Waals surface area contributed by atoms with Crippen LogP contribution < -0.4 is 5.32 Å². The smallest absolute Gasteiger partial charge is 0.269 e. The first kappa shape index (κ1) is 14.6. The van der Waals surface area contributed by atoms with Gasteiger partial charge in [0.25, 0.3) is 5.69 Å². The number of benzene rings is 1. The molecule has 8 heteroatoms. The van der Waals surface area contributed by atoms with E-state index in [0.717, 1.165) is 5.56 Å². The fourth-order valence-electron chi connectivity index (χ4n) is 1.82. The second-order valence-electron chi connectivity index (χ2n) is 4.56. The van der Waals surface area contributed by atoms with E-state index < -0.39 is 4.92 Å². The van der Waals surface area contributed by atoms with Gasteiger partial charge in [-0.1, -0.05) is 12.1 Å². The molecule has 8 nitrogen and oxygen atoms in total. The molecule has 110 valence electrons. The lowest BCUT2D eigenvalue weighted by Gasteiger charge is -2.05. The largest absolute Gasteiger partial charge is 0.349 e. The van der Waals surface area contributed by atoms with E-state index in [2.05, 4.69) is 15.5 Å². The van der Waals surface area contributed by atoms with E-state index in [-0.39, 0.29) is 18.0 Å². The Morgan fingerprint density at radius 1 is 1.48 bits per heavy atom. The highest BCUT2D eigenvalue weighted by Gasteiger charge is 2.08. The highest BCUT2D eigenvalue weighted by atomic mass is 16.6. The van der Waals surface area contributed by atoms with Crippen LogP contribution in [0.15, 0.2) is 30.6 Å². The maximum Gasteiger partial charge on any atom is 0.269 e. The molecule has 0 unspecified atom stereocenters. The van der Waals surface area contributed by atoms with Crippen LogP contribution in [0.4, 0.5) is 5.69 Å². The number of carbonyl (C=O) groups excluding carboxylic acids is 1. The second kappa shape index (κ2) is 6.60. The number of hydrogen-bond acceptors (Lipinski definition) is 5. The van der Waals surface area contributed by atoms with Crippen molar-refractivity contribution in [3.05, 3.63) is 52.1 Å². The van der Waals surface area contributed by atoms with Gasteiger partial charge in [0.2, 0.25) is 5.91 Å². The van der Waals surface area contributed by atoms with Gasteiger partial charge in [-0.2, -0.15) is 0 Å². The molecular weight excluding hydrogens is 274 g/mol. The Hall–Kier alpha value is -2.77. The van der Waals surface area contributed by atoms with Gasteiger partial charge in [-0.05, 0) is 12.0 Å². The molecule has 1 aromatic heterocycles. The van der Waals surface area contributed by atoms with Crippen molar-refractivity contribution in [2.75, 3.05) is 0 Å². The zero-order valence-corrected chi connectivity index (χ0v) is 11.5. The van der Waals surface area contributed by atoms with Crippen LogP contribution >= 0.6 is 0 Å². The number of amides is 1. The Bertz CT molecular complexity index is 653. The number of hydrogen-bond donors (Lipinski definition) is 1. The third-order valence-electron chi connectivity index (χ3n) is 3.01. The Morgan fingerprint density at radius 3 is 2.95 bits per heavy atom. The van der Waals surface area contributed by atoms with E-state index >= 15 is 0 Å². The van der Waals surface area contributed by atoms with Gasteiger partial charge < -0.3 is 9.88 Å². The third kappa shape index (κ3) is 4.10. The minimum atomic E-state index is -0.447. The van der Waals surface area contributed by atoms with Crippen molar-refractivity contribution in [3.8, 4) is 0 Å². The van der Waals surface area contributed by atoms with Crippen molar-refractivity contribution < 1.29 is 9.72 Å². The van der Waals surface area contributed by atoms with Crippen molar-refractivity contribution in [2.24, 2.45) is 7.05 Å². The fourth-order valence-corrected chi connectivity index (χ4v) is 1.82. The van der Waals surface area contributed by atoms with Gasteiger partial charge in [-0.15, -0.1) is 10.2 Å². The molecule has 0 spiro atoms. The maximum atomic E-state index is 11.7. The molecule has 2 rings (SSSR count). The monoisotopic (exact) mass is 289 g/mol. The third-order valence-corrected chi connectivity index (χ3v) is 3.01. The number of non-ortho nitro benzene ring substituents is 1. The van der Waals surface area contributed by atoms with Gasteiger partial charge >= 0.3 is 0 Å². The zero-order chi connectivity index (χ0) is 15.2. The lowest BCUT2D eigenvalue weighted by atomic mass is 10.1. The predicted molar refractivity (Wildman–Crippen MR) is 74.3 cm³/mol. The molecule has 0 fully saturated rings. The van der Waals surface area contributed by atoms with E-state index in [4.69, 9.17) is 0 Å². The van der Waals surface area contributed by atoms with Gasteiger partial charge in [0.15, 0.2) is 5.82 Å². The molecule has 0 aliphatic heterocycles. The van der Waals surface area contributed by atoms with Crippen LogP contribution in [0, 0.1) is 10.1 Å². The van der Waals surface area contributed by atoms with Gasteiger partial charge in [-0.25, -0.2) is 0 Å². The second-order valence-corrected chi connectivity index (χ2v) is 4.56. The van der Waals surface area contributed by atoms with Crippen molar-refractivity contribution >= 4 is 11.6 Å². The molecule has 0 saturated heterocycles. The number of nitrogens with zero attached hydrogens (tertiary/aromatic N) is 4. The van der Waals surface area contributed by atoms with Crippen LogP contribution in [0.5, 0.6) is 0 Å². The zero-order valence-electron chi connectivity index (χ0n) is 11.5. The Labute approximate surface area is 121 Å². The summed E-state index contributed by atoms with van der Waals surface area (Å²) < 4.78 is 1.72. The standard InChI is InChI=1S/C13H15N5O3/c1-17-9-15-16-12(17)8-14-13(19)6-5-10-3-2-4-11(7-10)18(20)21/h2-4,7,9H,5-6,8H2,1H3,(H,14,19). The quantitative estimate of drug-likeness (QED) is 0.630. The molecule has 0 aliphatic rings. The summed E-state index contributed by atoms with van der Waals surface area (Å²) in [6.45, 7) is 0.310.